The Hall–Kier alpha value is -2.62. The summed E-state index contributed by atoms with van der Waals surface area (Å²) in [5, 5.41) is 3.95. The largest absolute Gasteiger partial charge is 0.481 e. The summed E-state index contributed by atoms with van der Waals surface area (Å²) >= 11 is 0. The van der Waals surface area contributed by atoms with Gasteiger partial charge in [-0.05, 0) is 24.1 Å². The van der Waals surface area contributed by atoms with Gasteiger partial charge in [-0.15, -0.1) is 0 Å². The summed E-state index contributed by atoms with van der Waals surface area (Å²) in [6.45, 7) is 1.90. The monoisotopic (exact) mass is 282 g/mol. The van der Waals surface area contributed by atoms with Gasteiger partial charge in [-0.2, -0.15) is 5.10 Å². The molecule has 0 aromatic heterocycles. The highest BCUT2D eigenvalue weighted by molar-refractivity contribution is 5.84. The Bertz CT molecular complexity index is 582. The number of hydrogen-bond donors (Lipinski definition) is 1. The number of nitrogens with one attached hydrogen (secondary N) is 1. The number of carbonyl (C=O) groups is 1. The molecule has 2 aromatic rings. The maximum absolute atomic E-state index is 12.0. The zero-order valence-corrected chi connectivity index (χ0v) is 11.9. The second-order valence-electron chi connectivity index (χ2n) is 4.47. The van der Waals surface area contributed by atoms with E-state index in [1.165, 1.54) is 0 Å². The zero-order chi connectivity index (χ0) is 14.9. The Labute approximate surface area is 124 Å². The van der Waals surface area contributed by atoms with Gasteiger partial charge in [0.05, 0.1) is 6.21 Å². The van der Waals surface area contributed by atoms with E-state index in [0.717, 1.165) is 5.56 Å². The number of para-hydroxylation sites is 1. The Morgan fingerprint density at radius 1 is 1.14 bits per heavy atom. The average molecular weight is 282 g/mol. The maximum Gasteiger partial charge on any atom is 0.281 e. The van der Waals surface area contributed by atoms with E-state index in [1.807, 2.05) is 67.6 Å². The molecule has 4 nitrogen and oxygen atoms in total. The molecule has 0 aliphatic heterocycles. The Morgan fingerprint density at radius 2 is 1.76 bits per heavy atom. The summed E-state index contributed by atoms with van der Waals surface area (Å²) in [6.07, 6.45) is 1.62. The summed E-state index contributed by atoms with van der Waals surface area (Å²) in [5.41, 5.74) is 3.43. The summed E-state index contributed by atoms with van der Waals surface area (Å²) in [7, 11) is 0. The Morgan fingerprint density at radius 3 is 2.38 bits per heavy atom. The number of hydrogen-bond acceptors (Lipinski definition) is 3. The standard InChI is InChI=1S/C17H18N2O2/c1-2-16(21-15-11-7-4-8-12-15)17(20)19-18-13-14-9-5-3-6-10-14/h3-13,16H,2H2,1H3,(H,19,20)/b18-13-/t16-/m0/s1. The first-order chi connectivity index (χ1) is 10.3. The number of carbonyl (C=O) groups excluding carboxylic acids is 1. The number of nitrogens with zero attached hydrogens (tertiary/aromatic N) is 1. The van der Waals surface area contributed by atoms with Gasteiger partial charge in [-0.3, -0.25) is 4.79 Å². The first kappa shape index (κ1) is 14.8. The SMILES string of the molecule is CC[C@H](Oc1ccccc1)C(=O)N/N=C\c1ccccc1. The number of amides is 1. The summed E-state index contributed by atoms with van der Waals surface area (Å²) < 4.78 is 5.64. The molecule has 0 fully saturated rings. The van der Waals surface area contributed by atoms with Gasteiger partial charge in [0.1, 0.15) is 5.75 Å². The van der Waals surface area contributed by atoms with Crippen LogP contribution < -0.4 is 10.2 Å². The Kier molecular flexibility index (Phi) is 5.52. The van der Waals surface area contributed by atoms with Gasteiger partial charge in [0, 0.05) is 0 Å². The van der Waals surface area contributed by atoms with Crippen molar-refractivity contribution in [1.82, 2.24) is 5.43 Å². The van der Waals surface area contributed by atoms with E-state index in [4.69, 9.17) is 4.74 Å². The minimum absolute atomic E-state index is 0.256. The van der Waals surface area contributed by atoms with Crippen molar-refractivity contribution in [2.45, 2.75) is 19.4 Å². The van der Waals surface area contributed by atoms with Crippen LogP contribution in [0.1, 0.15) is 18.9 Å². The number of benzene rings is 2. The molecule has 0 bridgehead atoms. The van der Waals surface area contributed by atoms with Crippen molar-refractivity contribution in [1.29, 1.82) is 0 Å². The van der Waals surface area contributed by atoms with Crippen LogP contribution >= 0.6 is 0 Å². The highest BCUT2D eigenvalue weighted by Crippen LogP contribution is 2.12. The average Bonchev–Trinajstić information content (AvgIpc) is 2.54. The van der Waals surface area contributed by atoms with Crippen LogP contribution in [-0.4, -0.2) is 18.2 Å². The molecule has 0 saturated heterocycles. The van der Waals surface area contributed by atoms with E-state index in [-0.39, 0.29) is 5.91 Å². The maximum atomic E-state index is 12.0. The van der Waals surface area contributed by atoms with Gasteiger partial charge in [0.2, 0.25) is 0 Å². The molecule has 0 radical (unpaired) electrons. The molecule has 0 aliphatic rings. The summed E-state index contributed by atoms with van der Waals surface area (Å²) in [4.78, 5) is 12.0. The van der Waals surface area contributed by atoms with Crippen LogP contribution in [0.3, 0.4) is 0 Å². The molecule has 2 aromatic carbocycles. The van der Waals surface area contributed by atoms with Crippen molar-refractivity contribution in [2.24, 2.45) is 5.10 Å². The highest BCUT2D eigenvalue weighted by atomic mass is 16.5. The van der Waals surface area contributed by atoms with Crippen molar-refractivity contribution < 1.29 is 9.53 Å². The molecular weight excluding hydrogens is 264 g/mol. The quantitative estimate of drug-likeness (QED) is 0.654. The summed E-state index contributed by atoms with van der Waals surface area (Å²) in [6, 6.07) is 18.9. The predicted molar refractivity (Wildman–Crippen MR) is 83.3 cm³/mol. The number of ether oxygens (including phenoxy) is 1. The fourth-order valence-corrected chi connectivity index (χ4v) is 1.77. The van der Waals surface area contributed by atoms with Gasteiger partial charge in [-0.25, -0.2) is 5.43 Å². The van der Waals surface area contributed by atoms with Gasteiger partial charge in [-0.1, -0.05) is 55.5 Å². The van der Waals surface area contributed by atoms with Gasteiger partial charge in [0.25, 0.3) is 5.91 Å². The third-order valence-corrected chi connectivity index (χ3v) is 2.87. The van der Waals surface area contributed by atoms with E-state index in [0.29, 0.717) is 12.2 Å². The predicted octanol–water partition coefficient (Wildman–Crippen LogP) is 2.99. The zero-order valence-electron chi connectivity index (χ0n) is 11.9. The fraction of sp³-hybridized carbons (Fsp3) is 0.176. The summed E-state index contributed by atoms with van der Waals surface area (Å²) in [5.74, 6) is 0.417. The molecule has 2 rings (SSSR count). The molecule has 0 heterocycles. The van der Waals surface area contributed by atoms with Crippen molar-refractivity contribution >= 4 is 12.1 Å². The fourth-order valence-electron chi connectivity index (χ4n) is 1.77. The molecule has 0 unspecified atom stereocenters. The third kappa shape index (κ3) is 4.76. The first-order valence-electron chi connectivity index (χ1n) is 6.89. The van der Waals surface area contributed by atoms with Crippen molar-refractivity contribution in [3.05, 3.63) is 66.2 Å². The van der Waals surface area contributed by atoms with Crippen LogP contribution in [0.5, 0.6) is 5.75 Å². The van der Waals surface area contributed by atoms with Crippen molar-refractivity contribution in [2.75, 3.05) is 0 Å². The van der Waals surface area contributed by atoms with E-state index in [1.54, 1.807) is 6.21 Å². The lowest BCUT2D eigenvalue weighted by Gasteiger charge is -2.15. The molecule has 4 heteroatoms. The van der Waals surface area contributed by atoms with Crippen LogP contribution in [0.2, 0.25) is 0 Å². The van der Waals surface area contributed by atoms with Crippen molar-refractivity contribution in [3.8, 4) is 5.75 Å². The van der Waals surface area contributed by atoms with Gasteiger partial charge in [0.15, 0.2) is 6.10 Å². The molecule has 0 spiro atoms. The van der Waals surface area contributed by atoms with E-state index in [9.17, 15) is 4.79 Å². The van der Waals surface area contributed by atoms with Crippen LogP contribution in [0.4, 0.5) is 0 Å². The minimum Gasteiger partial charge on any atom is -0.481 e. The van der Waals surface area contributed by atoms with Crippen molar-refractivity contribution in [3.63, 3.8) is 0 Å². The Balaban J connectivity index is 1.90. The van der Waals surface area contributed by atoms with Crippen LogP contribution in [0.15, 0.2) is 65.8 Å². The second kappa shape index (κ2) is 7.85. The lowest BCUT2D eigenvalue weighted by molar-refractivity contribution is -0.128. The second-order valence-corrected chi connectivity index (χ2v) is 4.47. The molecule has 0 saturated carbocycles. The molecular formula is C17H18N2O2. The normalized spacial score (nSPS) is 12.0. The van der Waals surface area contributed by atoms with Crippen LogP contribution in [0, 0.1) is 0 Å². The third-order valence-electron chi connectivity index (χ3n) is 2.87. The van der Waals surface area contributed by atoms with Crippen LogP contribution in [0.25, 0.3) is 0 Å². The molecule has 1 amide bonds. The molecule has 1 atom stereocenters. The van der Waals surface area contributed by atoms with Gasteiger partial charge < -0.3 is 4.74 Å². The van der Waals surface area contributed by atoms with E-state index in [2.05, 4.69) is 10.5 Å². The molecule has 1 N–H and O–H groups in total. The lowest BCUT2D eigenvalue weighted by Crippen LogP contribution is -2.35. The number of hydrazone groups is 1. The van der Waals surface area contributed by atoms with Crippen LogP contribution in [-0.2, 0) is 4.79 Å². The molecule has 0 aliphatic carbocycles. The smallest absolute Gasteiger partial charge is 0.281 e. The lowest BCUT2D eigenvalue weighted by atomic mass is 10.2. The highest BCUT2D eigenvalue weighted by Gasteiger charge is 2.17. The minimum atomic E-state index is -0.555. The van der Waals surface area contributed by atoms with Gasteiger partial charge >= 0.3 is 0 Å². The number of rotatable bonds is 6. The molecule has 108 valence electrons. The molecule has 21 heavy (non-hydrogen) atoms. The van der Waals surface area contributed by atoms with E-state index < -0.39 is 6.10 Å². The topological polar surface area (TPSA) is 50.7 Å². The van der Waals surface area contributed by atoms with E-state index >= 15 is 0 Å². The first-order valence-corrected chi connectivity index (χ1v) is 6.89.